The second-order valence-electron chi connectivity index (χ2n) is 6.69. The highest BCUT2D eigenvalue weighted by Crippen LogP contribution is 2.28. The molecule has 0 radical (unpaired) electrons. The molecule has 0 aromatic rings. The molecule has 1 unspecified atom stereocenters. The molecule has 0 heterocycles. The van der Waals surface area contributed by atoms with Crippen molar-refractivity contribution in [3.8, 4) is 0 Å². The second kappa shape index (κ2) is 6.75. The van der Waals surface area contributed by atoms with Crippen LogP contribution < -0.4 is 5.32 Å². The Bertz CT molecular complexity index is 211. The standard InChI is InChI=1S/C15H32N2/c1-6-15(4,11-16-10-13(2)3)12-17(5)14-8-7-9-14/h13-14,16H,6-12H2,1-5H3. The van der Waals surface area contributed by atoms with E-state index in [2.05, 4.69) is 45.0 Å². The zero-order valence-corrected chi connectivity index (χ0v) is 12.6. The fraction of sp³-hybridized carbons (Fsp3) is 1.00. The molecule has 1 aliphatic rings. The Morgan fingerprint density at radius 1 is 1.35 bits per heavy atom. The Balaban J connectivity index is 2.32. The molecule has 0 amide bonds. The number of nitrogens with zero attached hydrogens (tertiary/aromatic N) is 1. The normalized spacial score (nSPS) is 20.6. The second-order valence-corrected chi connectivity index (χ2v) is 6.69. The molecule has 1 atom stereocenters. The third kappa shape index (κ3) is 4.97. The number of hydrogen-bond acceptors (Lipinski definition) is 2. The first-order valence-corrected chi connectivity index (χ1v) is 7.38. The molecule has 17 heavy (non-hydrogen) atoms. The third-order valence-corrected chi connectivity index (χ3v) is 4.29. The van der Waals surface area contributed by atoms with Gasteiger partial charge in [-0.3, -0.25) is 0 Å². The van der Waals surface area contributed by atoms with E-state index < -0.39 is 0 Å². The van der Waals surface area contributed by atoms with Crippen LogP contribution in [0.1, 0.15) is 53.4 Å². The van der Waals surface area contributed by atoms with Crippen LogP contribution in [-0.4, -0.2) is 37.6 Å². The van der Waals surface area contributed by atoms with Gasteiger partial charge >= 0.3 is 0 Å². The van der Waals surface area contributed by atoms with E-state index in [0.717, 1.165) is 25.0 Å². The van der Waals surface area contributed by atoms with E-state index in [1.54, 1.807) is 0 Å². The zero-order valence-electron chi connectivity index (χ0n) is 12.6. The summed E-state index contributed by atoms with van der Waals surface area (Å²) in [6.07, 6.45) is 5.52. The van der Waals surface area contributed by atoms with Gasteiger partial charge in [-0.2, -0.15) is 0 Å². The van der Waals surface area contributed by atoms with Gasteiger partial charge in [-0.05, 0) is 44.2 Å². The predicted molar refractivity (Wildman–Crippen MR) is 76.4 cm³/mol. The van der Waals surface area contributed by atoms with Gasteiger partial charge in [-0.1, -0.05) is 34.1 Å². The van der Waals surface area contributed by atoms with Crippen LogP contribution in [0.15, 0.2) is 0 Å². The molecule has 1 rings (SSSR count). The average Bonchev–Trinajstić information content (AvgIpc) is 2.13. The third-order valence-electron chi connectivity index (χ3n) is 4.29. The molecule has 0 saturated heterocycles. The van der Waals surface area contributed by atoms with Crippen LogP contribution in [0.4, 0.5) is 0 Å². The topological polar surface area (TPSA) is 15.3 Å². The summed E-state index contributed by atoms with van der Waals surface area (Å²) >= 11 is 0. The lowest BCUT2D eigenvalue weighted by Crippen LogP contribution is -2.46. The van der Waals surface area contributed by atoms with Gasteiger partial charge < -0.3 is 10.2 Å². The summed E-state index contributed by atoms with van der Waals surface area (Å²) in [6.45, 7) is 12.8. The minimum absolute atomic E-state index is 0.430. The summed E-state index contributed by atoms with van der Waals surface area (Å²) < 4.78 is 0. The maximum Gasteiger partial charge on any atom is 0.00924 e. The molecule has 1 fully saturated rings. The maximum absolute atomic E-state index is 3.63. The molecule has 1 saturated carbocycles. The quantitative estimate of drug-likeness (QED) is 0.701. The summed E-state index contributed by atoms with van der Waals surface area (Å²) in [4.78, 5) is 2.59. The van der Waals surface area contributed by atoms with E-state index >= 15 is 0 Å². The molecular weight excluding hydrogens is 208 g/mol. The zero-order chi connectivity index (χ0) is 12.9. The average molecular weight is 240 g/mol. The van der Waals surface area contributed by atoms with Crippen molar-refractivity contribution in [1.82, 2.24) is 10.2 Å². The van der Waals surface area contributed by atoms with E-state index in [1.807, 2.05) is 0 Å². The first kappa shape index (κ1) is 15.0. The van der Waals surface area contributed by atoms with Crippen molar-refractivity contribution in [3.63, 3.8) is 0 Å². The Kier molecular flexibility index (Phi) is 5.94. The van der Waals surface area contributed by atoms with Crippen LogP contribution in [0.25, 0.3) is 0 Å². The van der Waals surface area contributed by atoms with E-state index in [4.69, 9.17) is 0 Å². The first-order chi connectivity index (χ1) is 7.97. The summed E-state index contributed by atoms with van der Waals surface area (Å²) in [5.74, 6) is 0.750. The molecule has 0 aromatic heterocycles. The van der Waals surface area contributed by atoms with Crippen LogP contribution in [-0.2, 0) is 0 Å². The summed E-state index contributed by atoms with van der Waals surface area (Å²) in [7, 11) is 2.31. The van der Waals surface area contributed by atoms with Crippen LogP contribution in [0, 0.1) is 11.3 Å². The number of rotatable bonds is 8. The first-order valence-electron chi connectivity index (χ1n) is 7.38. The SMILES string of the molecule is CCC(C)(CNCC(C)C)CN(C)C1CCC1. The van der Waals surface area contributed by atoms with Crippen molar-refractivity contribution >= 4 is 0 Å². The molecule has 0 aliphatic heterocycles. The molecule has 1 N–H and O–H groups in total. The molecule has 0 bridgehead atoms. The largest absolute Gasteiger partial charge is 0.316 e. The lowest BCUT2D eigenvalue weighted by molar-refractivity contribution is 0.0973. The Morgan fingerprint density at radius 3 is 2.41 bits per heavy atom. The predicted octanol–water partition coefficient (Wildman–Crippen LogP) is 3.13. The van der Waals surface area contributed by atoms with Gasteiger partial charge in [0.05, 0.1) is 0 Å². The summed E-state index contributed by atoms with van der Waals surface area (Å²) in [5, 5.41) is 3.63. The van der Waals surface area contributed by atoms with E-state index in [-0.39, 0.29) is 0 Å². The molecule has 0 spiro atoms. The van der Waals surface area contributed by atoms with Crippen molar-refractivity contribution in [1.29, 1.82) is 0 Å². The highest BCUT2D eigenvalue weighted by Gasteiger charge is 2.29. The van der Waals surface area contributed by atoms with Crippen molar-refractivity contribution in [2.45, 2.75) is 59.4 Å². The smallest absolute Gasteiger partial charge is 0.00924 e. The van der Waals surface area contributed by atoms with E-state index in [9.17, 15) is 0 Å². The number of nitrogens with one attached hydrogen (secondary N) is 1. The summed E-state index contributed by atoms with van der Waals surface area (Å²) in [5.41, 5.74) is 0.430. The van der Waals surface area contributed by atoms with Crippen LogP contribution >= 0.6 is 0 Å². The van der Waals surface area contributed by atoms with Crippen molar-refractivity contribution < 1.29 is 0 Å². The molecule has 2 heteroatoms. The maximum atomic E-state index is 3.63. The summed E-state index contributed by atoms with van der Waals surface area (Å²) in [6, 6.07) is 0.867. The van der Waals surface area contributed by atoms with Gasteiger partial charge in [-0.25, -0.2) is 0 Å². The van der Waals surface area contributed by atoms with Gasteiger partial charge in [0.2, 0.25) is 0 Å². The Morgan fingerprint density at radius 2 is 2.00 bits per heavy atom. The molecule has 2 nitrogen and oxygen atoms in total. The van der Waals surface area contributed by atoms with Crippen LogP contribution in [0.2, 0.25) is 0 Å². The molecule has 0 aromatic carbocycles. The fourth-order valence-corrected chi connectivity index (χ4v) is 2.51. The minimum atomic E-state index is 0.430. The van der Waals surface area contributed by atoms with E-state index in [0.29, 0.717) is 5.41 Å². The molecule has 102 valence electrons. The van der Waals surface area contributed by atoms with Crippen molar-refractivity contribution in [3.05, 3.63) is 0 Å². The van der Waals surface area contributed by atoms with Gasteiger partial charge in [0.1, 0.15) is 0 Å². The van der Waals surface area contributed by atoms with Crippen LogP contribution in [0.3, 0.4) is 0 Å². The fourth-order valence-electron chi connectivity index (χ4n) is 2.51. The molecule has 1 aliphatic carbocycles. The van der Waals surface area contributed by atoms with Gasteiger partial charge in [0, 0.05) is 19.1 Å². The van der Waals surface area contributed by atoms with Gasteiger partial charge in [0.25, 0.3) is 0 Å². The highest BCUT2D eigenvalue weighted by atomic mass is 15.1. The Labute approximate surface area is 108 Å². The van der Waals surface area contributed by atoms with Crippen molar-refractivity contribution in [2.24, 2.45) is 11.3 Å². The lowest BCUT2D eigenvalue weighted by Gasteiger charge is -2.41. The van der Waals surface area contributed by atoms with Crippen molar-refractivity contribution in [2.75, 3.05) is 26.7 Å². The monoisotopic (exact) mass is 240 g/mol. The van der Waals surface area contributed by atoms with Gasteiger partial charge in [0.15, 0.2) is 0 Å². The minimum Gasteiger partial charge on any atom is -0.316 e. The Hall–Kier alpha value is -0.0800. The lowest BCUT2D eigenvalue weighted by atomic mass is 9.84. The number of hydrogen-bond donors (Lipinski definition) is 1. The highest BCUT2D eigenvalue weighted by molar-refractivity contribution is 4.84. The van der Waals surface area contributed by atoms with E-state index in [1.165, 1.54) is 32.2 Å². The van der Waals surface area contributed by atoms with Gasteiger partial charge in [-0.15, -0.1) is 0 Å². The van der Waals surface area contributed by atoms with Crippen LogP contribution in [0.5, 0.6) is 0 Å². The molecular formula is C15H32N2.